The molecule has 0 aliphatic carbocycles. The standard InChI is InChI=1S/C12H18ClN3O2S/c1-15(8-9-16-6-2-3-7-16)19(17,18)12-10-14-5-4-11(12)13/h4-5,10H,2-3,6-9H2,1H3. The number of nitrogens with zero attached hydrogens (tertiary/aromatic N) is 3. The first kappa shape index (κ1) is 14.7. The van der Waals surface area contributed by atoms with Gasteiger partial charge in [-0.05, 0) is 32.0 Å². The summed E-state index contributed by atoms with van der Waals surface area (Å²) in [4.78, 5) is 6.18. The number of halogens is 1. The third-order valence-electron chi connectivity index (χ3n) is 3.35. The maximum absolute atomic E-state index is 12.3. The molecule has 106 valence electrons. The lowest BCUT2D eigenvalue weighted by Gasteiger charge is -2.21. The summed E-state index contributed by atoms with van der Waals surface area (Å²) in [5, 5.41) is 0.211. The molecule has 0 N–H and O–H groups in total. The summed E-state index contributed by atoms with van der Waals surface area (Å²) in [7, 11) is -1.97. The van der Waals surface area contributed by atoms with Crippen LogP contribution in [0.15, 0.2) is 23.4 Å². The predicted molar refractivity (Wildman–Crippen MR) is 74.7 cm³/mol. The van der Waals surface area contributed by atoms with Crippen LogP contribution in [0.5, 0.6) is 0 Å². The van der Waals surface area contributed by atoms with E-state index in [1.807, 2.05) is 0 Å². The molecule has 0 spiro atoms. The minimum Gasteiger partial charge on any atom is -0.302 e. The molecule has 0 saturated carbocycles. The van der Waals surface area contributed by atoms with Crippen molar-refractivity contribution in [3.05, 3.63) is 23.5 Å². The molecule has 0 bridgehead atoms. The first-order chi connectivity index (χ1) is 9.01. The van der Waals surface area contributed by atoms with Crippen LogP contribution in [0, 0.1) is 0 Å². The van der Waals surface area contributed by atoms with Crippen LogP contribution in [0.4, 0.5) is 0 Å². The SMILES string of the molecule is CN(CCN1CCCC1)S(=O)(=O)c1cnccc1Cl. The Balaban J connectivity index is 2.04. The Bertz CT molecular complexity index is 530. The Morgan fingerprint density at radius 1 is 1.42 bits per heavy atom. The van der Waals surface area contributed by atoms with Crippen molar-refractivity contribution >= 4 is 21.6 Å². The Morgan fingerprint density at radius 2 is 2.11 bits per heavy atom. The summed E-state index contributed by atoms with van der Waals surface area (Å²) in [6.45, 7) is 3.34. The zero-order valence-corrected chi connectivity index (χ0v) is 12.5. The molecular weight excluding hydrogens is 286 g/mol. The van der Waals surface area contributed by atoms with Crippen LogP contribution >= 0.6 is 11.6 Å². The molecule has 0 amide bonds. The molecule has 5 nitrogen and oxygen atoms in total. The zero-order valence-electron chi connectivity index (χ0n) is 10.9. The Hall–Kier alpha value is -0.690. The summed E-state index contributed by atoms with van der Waals surface area (Å²) in [6.07, 6.45) is 5.17. The van der Waals surface area contributed by atoms with E-state index in [1.165, 1.54) is 35.6 Å². The summed E-state index contributed by atoms with van der Waals surface area (Å²) in [5.74, 6) is 0. The van der Waals surface area contributed by atoms with Crippen molar-refractivity contribution in [1.82, 2.24) is 14.2 Å². The lowest BCUT2D eigenvalue weighted by Crippen LogP contribution is -2.35. The summed E-state index contributed by atoms with van der Waals surface area (Å²) in [6, 6.07) is 1.49. The van der Waals surface area contributed by atoms with E-state index in [1.54, 1.807) is 7.05 Å². The quantitative estimate of drug-likeness (QED) is 0.826. The van der Waals surface area contributed by atoms with Crippen LogP contribution in [0.2, 0.25) is 5.02 Å². The van der Waals surface area contributed by atoms with Gasteiger partial charge in [-0.15, -0.1) is 0 Å². The molecule has 7 heteroatoms. The fourth-order valence-electron chi connectivity index (χ4n) is 2.13. The van der Waals surface area contributed by atoms with Gasteiger partial charge in [0.05, 0.1) is 5.02 Å². The number of hydrogen-bond donors (Lipinski definition) is 0. The molecule has 19 heavy (non-hydrogen) atoms. The topological polar surface area (TPSA) is 53.5 Å². The highest BCUT2D eigenvalue weighted by Gasteiger charge is 2.24. The fraction of sp³-hybridized carbons (Fsp3) is 0.583. The lowest BCUT2D eigenvalue weighted by molar-refractivity contribution is 0.310. The van der Waals surface area contributed by atoms with Gasteiger partial charge >= 0.3 is 0 Å². The van der Waals surface area contributed by atoms with Crippen LogP contribution in [-0.4, -0.2) is 55.8 Å². The maximum Gasteiger partial charge on any atom is 0.245 e. The summed E-state index contributed by atoms with van der Waals surface area (Å²) < 4.78 is 26.0. The Kier molecular flexibility index (Phi) is 4.78. The van der Waals surface area contributed by atoms with E-state index >= 15 is 0 Å². The molecule has 1 fully saturated rings. The number of likely N-dealkylation sites (N-methyl/N-ethyl adjacent to an activating group) is 1. The van der Waals surface area contributed by atoms with E-state index in [2.05, 4.69) is 9.88 Å². The van der Waals surface area contributed by atoms with Crippen LogP contribution in [0.25, 0.3) is 0 Å². The van der Waals surface area contributed by atoms with Gasteiger partial charge < -0.3 is 4.90 Å². The van der Waals surface area contributed by atoms with Crippen molar-refractivity contribution in [2.24, 2.45) is 0 Å². The minimum absolute atomic E-state index is 0.0700. The van der Waals surface area contributed by atoms with Gasteiger partial charge in [0.2, 0.25) is 10.0 Å². The van der Waals surface area contributed by atoms with Crippen LogP contribution in [0.1, 0.15) is 12.8 Å². The largest absolute Gasteiger partial charge is 0.302 e. The highest BCUT2D eigenvalue weighted by molar-refractivity contribution is 7.89. The van der Waals surface area contributed by atoms with Gasteiger partial charge in [-0.1, -0.05) is 11.6 Å². The Morgan fingerprint density at radius 3 is 2.74 bits per heavy atom. The molecule has 1 aromatic heterocycles. The van der Waals surface area contributed by atoms with Crippen molar-refractivity contribution in [1.29, 1.82) is 0 Å². The van der Waals surface area contributed by atoms with Crippen LogP contribution in [-0.2, 0) is 10.0 Å². The van der Waals surface area contributed by atoms with Gasteiger partial charge in [0.15, 0.2) is 0 Å². The van der Waals surface area contributed by atoms with Crippen molar-refractivity contribution in [2.75, 3.05) is 33.2 Å². The highest BCUT2D eigenvalue weighted by Crippen LogP contribution is 2.22. The van der Waals surface area contributed by atoms with E-state index in [0.29, 0.717) is 6.54 Å². The van der Waals surface area contributed by atoms with E-state index in [9.17, 15) is 8.42 Å². The summed E-state index contributed by atoms with van der Waals surface area (Å²) >= 11 is 5.92. The number of rotatable bonds is 5. The van der Waals surface area contributed by atoms with Crippen LogP contribution in [0.3, 0.4) is 0 Å². The second kappa shape index (κ2) is 6.17. The average molecular weight is 304 g/mol. The molecule has 1 aliphatic heterocycles. The monoisotopic (exact) mass is 303 g/mol. The molecule has 2 heterocycles. The molecular formula is C12H18ClN3O2S. The third kappa shape index (κ3) is 3.45. The Labute approximate surface area is 119 Å². The minimum atomic E-state index is -3.55. The number of hydrogen-bond acceptors (Lipinski definition) is 4. The highest BCUT2D eigenvalue weighted by atomic mass is 35.5. The van der Waals surface area contributed by atoms with E-state index in [-0.39, 0.29) is 9.92 Å². The van der Waals surface area contributed by atoms with Crippen molar-refractivity contribution in [2.45, 2.75) is 17.7 Å². The fourth-order valence-corrected chi connectivity index (χ4v) is 3.69. The predicted octanol–water partition coefficient (Wildman–Crippen LogP) is 1.45. The second-order valence-electron chi connectivity index (χ2n) is 4.68. The van der Waals surface area contributed by atoms with Crippen molar-refractivity contribution in [3.63, 3.8) is 0 Å². The first-order valence-corrected chi connectivity index (χ1v) is 8.12. The van der Waals surface area contributed by atoms with Gasteiger partial charge in [0.25, 0.3) is 0 Å². The smallest absolute Gasteiger partial charge is 0.245 e. The molecule has 0 unspecified atom stereocenters. The summed E-state index contributed by atoms with van der Waals surface area (Å²) in [5.41, 5.74) is 0. The van der Waals surface area contributed by atoms with Crippen molar-refractivity contribution in [3.8, 4) is 0 Å². The second-order valence-corrected chi connectivity index (χ2v) is 7.10. The number of pyridine rings is 1. The molecule has 1 saturated heterocycles. The van der Waals surface area contributed by atoms with Crippen LogP contribution < -0.4 is 0 Å². The van der Waals surface area contributed by atoms with Gasteiger partial charge in [-0.2, -0.15) is 4.31 Å². The lowest BCUT2D eigenvalue weighted by atomic mass is 10.4. The van der Waals surface area contributed by atoms with Gasteiger partial charge in [-0.25, -0.2) is 8.42 Å². The van der Waals surface area contributed by atoms with E-state index in [0.717, 1.165) is 19.6 Å². The molecule has 1 aliphatic rings. The van der Waals surface area contributed by atoms with E-state index < -0.39 is 10.0 Å². The molecule has 0 radical (unpaired) electrons. The average Bonchev–Trinajstić information content (AvgIpc) is 2.89. The maximum atomic E-state index is 12.3. The molecule has 2 rings (SSSR count). The number of aromatic nitrogens is 1. The zero-order chi connectivity index (χ0) is 13.9. The third-order valence-corrected chi connectivity index (χ3v) is 5.68. The molecule has 0 aromatic carbocycles. The molecule has 1 aromatic rings. The number of sulfonamides is 1. The van der Waals surface area contributed by atoms with Gasteiger partial charge in [0, 0.05) is 32.5 Å². The first-order valence-electron chi connectivity index (χ1n) is 6.30. The van der Waals surface area contributed by atoms with Gasteiger partial charge in [-0.3, -0.25) is 4.98 Å². The van der Waals surface area contributed by atoms with Gasteiger partial charge in [0.1, 0.15) is 4.90 Å². The van der Waals surface area contributed by atoms with E-state index in [4.69, 9.17) is 11.6 Å². The van der Waals surface area contributed by atoms with Crippen molar-refractivity contribution < 1.29 is 8.42 Å². The number of likely N-dealkylation sites (tertiary alicyclic amines) is 1. The molecule has 0 atom stereocenters. The normalized spacial score (nSPS) is 17.2.